The van der Waals surface area contributed by atoms with Gasteiger partial charge in [-0.15, -0.1) is 0 Å². The van der Waals surface area contributed by atoms with Crippen LogP contribution >= 0.6 is 11.8 Å². The number of nitrogens with one attached hydrogen (secondary N) is 3. The quantitative estimate of drug-likeness (QED) is 0.375. The Hall–Kier alpha value is -3.00. The lowest BCUT2D eigenvalue weighted by Crippen LogP contribution is -2.20. The molecule has 0 radical (unpaired) electrons. The average molecular weight is 370 g/mol. The van der Waals surface area contributed by atoms with Crippen LogP contribution in [0.15, 0.2) is 52.7 Å². The third-order valence-corrected chi connectivity index (χ3v) is 4.34. The Bertz CT molecular complexity index is 906. The second kappa shape index (κ2) is 8.39. The molecule has 0 spiro atoms. The van der Waals surface area contributed by atoms with E-state index in [9.17, 15) is 9.90 Å². The molecule has 0 atom stereocenters. The summed E-state index contributed by atoms with van der Waals surface area (Å²) in [5, 5.41) is 16.3. The van der Waals surface area contributed by atoms with Crippen molar-refractivity contribution in [1.29, 1.82) is 0 Å². The lowest BCUT2D eigenvalue weighted by Gasteiger charge is -2.13. The zero-order chi connectivity index (χ0) is 18.4. The summed E-state index contributed by atoms with van der Waals surface area (Å²) in [6.07, 6.45) is 1.47. The van der Waals surface area contributed by atoms with E-state index < -0.39 is 0 Å². The maximum Gasteiger partial charge on any atom is 0.315 e. The number of H-pyrrole nitrogens is 2. The van der Waals surface area contributed by atoms with Crippen LogP contribution in [0.25, 0.3) is 11.0 Å². The Morgan fingerprint density at radius 1 is 1.38 bits per heavy atom. The second-order valence-electron chi connectivity index (χ2n) is 5.35. The number of hydrogen-bond donors (Lipinski definition) is 2. The molecule has 2 aromatic carbocycles. The van der Waals surface area contributed by atoms with Crippen LogP contribution in [-0.4, -0.2) is 29.5 Å². The molecular weight excluding hydrogens is 352 g/mol. The van der Waals surface area contributed by atoms with E-state index in [-0.39, 0.29) is 23.2 Å². The van der Waals surface area contributed by atoms with Gasteiger partial charge in [0, 0.05) is 0 Å². The molecule has 0 aliphatic rings. The third kappa shape index (κ3) is 4.54. The first-order valence-electron chi connectivity index (χ1n) is 8.04. The fourth-order valence-electron chi connectivity index (χ4n) is 2.27. The molecule has 3 rings (SSSR count). The van der Waals surface area contributed by atoms with E-state index in [2.05, 4.69) is 20.5 Å². The minimum atomic E-state index is -0.233. The smallest absolute Gasteiger partial charge is 0.315 e. The van der Waals surface area contributed by atoms with E-state index in [0.29, 0.717) is 12.2 Å². The number of ether oxygens (including phenoxy) is 1. The van der Waals surface area contributed by atoms with Crippen molar-refractivity contribution in [1.82, 2.24) is 10.4 Å². The van der Waals surface area contributed by atoms with Gasteiger partial charge in [-0.25, -0.2) is 15.4 Å². The monoisotopic (exact) mass is 370 g/mol. The Balaban J connectivity index is 1.52. The number of aromatic amines is 2. The highest BCUT2D eigenvalue weighted by Crippen LogP contribution is 2.23. The molecule has 7 nitrogen and oxygen atoms in total. The van der Waals surface area contributed by atoms with Crippen LogP contribution in [0.2, 0.25) is 0 Å². The Morgan fingerprint density at radius 3 is 3.04 bits per heavy atom. The number of amides is 1. The molecule has 0 bridgehead atoms. The molecule has 0 aliphatic heterocycles. The van der Waals surface area contributed by atoms with Gasteiger partial charge in [0.15, 0.2) is 11.0 Å². The molecule has 0 saturated carbocycles. The standard InChI is InChI=1S/C18H18N4O3S/c1-2-25-16-9-12(7-8-15(16)23)10-19-22-17(24)11-26-18-20-13-5-3-4-6-14(13)21-18/h3-10,23H,2,11H2,1H3,(H,20,21)(H,22,24). The van der Waals surface area contributed by atoms with Crippen LogP contribution in [0.5, 0.6) is 11.5 Å². The maximum atomic E-state index is 11.9. The summed E-state index contributed by atoms with van der Waals surface area (Å²) in [6, 6.07) is 12.4. The van der Waals surface area contributed by atoms with Crippen molar-refractivity contribution in [2.75, 3.05) is 12.4 Å². The zero-order valence-corrected chi connectivity index (χ0v) is 14.9. The topological polar surface area (TPSA) is 104 Å². The Morgan fingerprint density at radius 2 is 2.23 bits per heavy atom. The van der Waals surface area contributed by atoms with Gasteiger partial charge in [-0.3, -0.25) is 4.79 Å². The van der Waals surface area contributed by atoms with Crippen molar-refractivity contribution in [2.24, 2.45) is 5.10 Å². The molecule has 3 N–H and O–H groups in total. The molecule has 0 saturated heterocycles. The lowest BCUT2D eigenvalue weighted by molar-refractivity contribution is -0.396. The SMILES string of the molecule is CCOc1cc(C=NNC(=O)CSc2[nH]c3ccccc3[nH+]2)ccc1[O-]. The molecule has 134 valence electrons. The number of rotatable bonds is 7. The molecule has 3 aromatic rings. The first-order chi connectivity index (χ1) is 12.7. The predicted octanol–water partition coefficient (Wildman–Crippen LogP) is 1.70. The fraction of sp³-hybridized carbons (Fsp3) is 0.167. The summed E-state index contributed by atoms with van der Waals surface area (Å²) in [5.41, 5.74) is 5.11. The Kier molecular flexibility index (Phi) is 5.75. The fourth-order valence-corrected chi connectivity index (χ4v) is 2.98. The first kappa shape index (κ1) is 17.8. The van der Waals surface area contributed by atoms with Gasteiger partial charge in [-0.1, -0.05) is 30.0 Å². The zero-order valence-electron chi connectivity index (χ0n) is 14.1. The van der Waals surface area contributed by atoms with Crippen molar-refractivity contribution in [3.63, 3.8) is 0 Å². The van der Waals surface area contributed by atoms with Crippen molar-refractivity contribution in [3.05, 3.63) is 48.0 Å². The van der Waals surface area contributed by atoms with Crippen LogP contribution in [0, 0.1) is 0 Å². The van der Waals surface area contributed by atoms with E-state index in [1.165, 1.54) is 24.0 Å². The molecule has 1 aromatic heterocycles. The van der Waals surface area contributed by atoms with Crippen molar-refractivity contribution >= 4 is 34.9 Å². The largest absolute Gasteiger partial charge is 0.870 e. The van der Waals surface area contributed by atoms with Crippen LogP contribution in [-0.2, 0) is 4.79 Å². The van der Waals surface area contributed by atoms with Crippen molar-refractivity contribution < 1.29 is 19.6 Å². The van der Waals surface area contributed by atoms with Crippen molar-refractivity contribution in [3.8, 4) is 11.5 Å². The summed E-state index contributed by atoms with van der Waals surface area (Å²) >= 11 is 1.35. The summed E-state index contributed by atoms with van der Waals surface area (Å²) in [5.74, 6) is 0.0696. The normalized spacial score (nSPS) is 11.1. The number of carbonyl (C=O) groups excluding carboxylic acids is 1. The lowest BCUT2D eigenvalue weighted by atomic mass is 10.2. The molecule has 8 heteroatoms. The average Bonchev–Trinajstić information content (AvgIpc) is 3.06. The summed E-state index contributed by atoms with van der Waals surface area (Å²) in [6.45, 7) is 2.22. The first-order valence-corrected chi connectivity index (χ1v) is 9.03. The molecule has 0 fully saturated rings. The highest BCUT2D eigenvalue weighted by molar-refractivity contribution is 7.99. The van der Waals surface area contributed by atoms with E-state index in [0.717, 1.165) is 16.2 Å². The summed E-state index contributed by atoms with van der Waals surface area (Å²) < 4.78 is 5.25. The Labute approximate surface area is 154 Å². The number of imidazole rings is 1. The second-order valence-corrected chi connectivity index (χ2v) is 6.33. The molecule has 0 unspecified atom stereocenters. The number of aromatic nitrogens is 2. The van der Waals surface area contributed by atoms with Gasteiger partial charge in [0.2, 0.25) is 0 Å². The predicted molar refractivity (Wildman–Crippen MR) is 98.4 cm³/mol. The van der Waals surface area contributed by atoms with Gasteiger partial charge in [0.05, 0.1) is 18.6 Å². The van der Waals surface area contributed by atoms with Crippen LogP contribution in [0.1, 0.15) is 12.5 Å². The van der Waals surface area contributed by atoms with Crippen LogP contribution in [0.3, 0.4) is 0 Å². The number of fused-ring (bicyclic) bond motifs is 1. The summed E-state index contributed by atoms with van der Waals surface area (Å²) in [4.78, 5) is 18.3. The molecular formula is C18H18N4O3S. The van der Waals surface area contributed by atoms with Gasteiger partial charge >= 0.3 is 5.16 Å². The molecule has 1 amide bonds. The van der Waals surface area contributed by atoms with E-state index in [1.807, 2.05) is 31.2 Å². The number of para-hydroxylation sites is 2. The highest BCUT2D eigenvalue weighted by atomic mass is 32.2. The van der Waals surface area contributed by atoms with Gasteiger partial charge < -0.3 is 9.84 Å². The van der Waals surface area contributed by atoms with Crippen LogP contribution < -0.4 is 20.3 Å². The van der Waals surface area contributed by atoms with Gasteiger partial charge in [-0.05, 0) is 42.4 Å². The minimum Gasteiger partial charge on any atom is -0.870 e. The minimum absolute atomic E-state index is 0.181. The summed E-state index contributed by atoms with van der Waals surface area (Å²) in [7, 11) is 0. The highest BCUT2D eigenvalue weighted by Gasteiger charge is 2.11. The van der Waals surface area contributed by atoms with Crippen LogP contribution in [0.4, 0.5) is 0 Å². The number of hydrazone groups is 1. The molecule has 0 aliphatic carbocycles. The number of nitrogens with zero attached hydrogens (tertiary/aromatic N) is 1. The molecule has 26 heavy (non-hydrogen) atoms. The maximum absolute atomic E-state index is 11.9. The number of hydrogen-bond acceptors (Lipinski definition) is 5. The number of benzene rings is 2. The van der Waals surface area contributed by atoms with E-state index in [1.54, 1.807) is 12.1 Å². The van der Waals surface area contributed by atoms with E-state index in [4.69, 9.17) is 4.74 Å². The van der Waals surface area contributed by atoms with Gasteiger partial charge in [0.1, 0.15) is 5.75 Å². The van der Waals surface area contributed by atoms with Crippen molar-refractivity contribution in [2.45, 2.75) is 12.1 Å². The molecule has 1 heterocycles. The third-order valence-electron chi connectivity index (χ3n) is 3.44. The van der Waals surface area contributed by atoms with Gasteiger partial charge in [-0.2, -0.15) is 5.10 Å². The van der Waals surface area contributed by atoms with E-state index >= 15 is 0 Å². The number of thioether (sulfide) groups is 1. The number of carbonyl (C=O) groups is 1. The van der Waals surface area contributed by atoms with Gasteiger partial charge in [0.25, 0.3) is 5.91 Å².